The summed E-state index contributed by atoms with van der Waals surface area (Å²) in [5.41, 5.74) is 9.13. The molecule has 0 saturated heterocycles. The largest absolute Gasteiger partial charge is 0.384 e. The second-order valence-corrected chi connectivity index (χ2v) is 3.28. The van der Waals surface area contributed by atoms with Crippen molar-refractivity contribution in [3.8, 4) is 0 Å². The smallest absolute Gasteiger partial charge is 0.192 e. The molecule has 0 aromatic heterocycles. The minimum absolute atomic E-state index is 0.441. The van der Waals surface area contributed by atoms with Gasteiger partial charge < -0.3 is 16.4 Å². The minimum atomic E-state index is 0.441. The Hall–Kier alpha value is -1.71. The van der Waals surface area contributed by atoms with Gasteiger partial charge in [0.1, 0.15) is 0 Å². The summed E-state index contributed by atoms with van der Waals surface area (Å²) in [4.78, 5) is 3.84. The zero-order valence-corrected chi connectivity index (χ0v) is 8.17. The third-order valence-corrected chi connectivity index (χ3v) is 2.33. The van der Waals surface area contributed by atoms with E-state index >= 15 is 0 Å². The third kappa shape index (κ3) is 1.64. The Kier molecular flexibility index (Phi) is 2.26. The Morgan fingerprint density at radius 1 is 1.57 bits per heavy atom. The molecule has 74 valence electrons. The zero-order chi connectivity index (χ0) is 9.97. The van der Waals surface area contributed by atoms with Crippen LogP contribution in [0.5, 0.6) is 0 Å². The van der Waals surface area contributed by atoms with Crippen molar-refractivity contribution >= 4 is 17.3 Å². The average molecular weight is 190 g/mol. The molecule has 0 saturated carbocycles. The molecule has 1 heterocycles. The van der Waals surface area contributed by atoms with Crippen LogP contribution in [0.4, 0.5) is 11.4 Å². The summed E-state index contributed by atoms with van der Waals surface area (Å²) in [6.07, 6.45) is 1.08. The predicted octanol–water partition coefficient (Wildman–Crippen LogP) is 1.01. The molecule has 1 aromatic carbocycles. The number of hydrogen-bond acceptors (Lipinski definition) is 2. The van der Waals surface area contributed by atoms with E-state index in [1.807, 2.05) is 6.07 Å². The minimum Gasteiger partial charge on any atom is -0.384 e. The number of nitrogens with zero attached hydrogens (tertiary/aromatic N) is 1. The van der Waals surface area contributed by atoms with Gasteiger partial charge >= 0.3 is 0 Å². The van der Waals surface area contributed by atoms with Crippen molar-refractivity contribution in [2.24, 2.45) is 10.7 Å². The molecule has 1 aliphatic rings. The van der Waals surface area contributed by atoms with E-state index in [4.69, 9.17) is 5.73 Å². The molecule has 0 atom stereocenters. The summed E-state index contributed by atoms with van der Waals surface area (Å²) in [5, 5.41) is 6.33. The van der Waals surface area contributed by atoms with Gasteiger partial charge in [-0.25, -0.2) is 0 Å². The molecule has 0 aliphatic carbocycles. The van der Waals surface area contributed by atoms with Gasteiger partial charge in [0.25, 0.3) is 0 Å². The highest BCUT2D eigenvalue weighted by atomic mass is 15.1. The van der Waals surface area contributed by atoms with Crippen molar-refractivity contribution in [1.29, 1.82) is 0 Å². The maximum absolute atomic E-state index is 5.57. The molecule has 14 heavy (non-hydrogen) atoms. The Labute approximate surface area is 83.2 Å². The normalized spacial score (nSPS) is 14.8. The van der Waals surface area contributed by atoms with Gasteiger partial charge in [-0.1, -0.05) is 0 Å². The lowest BCUT2D eigenvalue weighted by Gasteiger charge is -2.06. The molecule has 4 nitrogen and oxygen atoms in total. The maximum atomic E-state index is 5.57. The third-order valence-electron chi connectivity index (χ3n) is 2.33. The second kappa shape index (κ2) is 3.57. The fourth-order valence-electron chi connectivity index (χ4n) is 1.59. The summed E-state index contributed by atoms with van der Waals surface area (Å²) in [7, 11) is 1.66. The van der Waals surface area contributed by atoms with Gasteiger partial charge in [-0.3, -0.25) is 4.99 Å². The number of benzene rings is 1. The van der Waals surface area contributed by atoms with Crippen LogP contribution in [-0.2, 0) is 6.42 Å². The summed E-state index contributed by atoms with van der Waals surface area (Å²) in [5.74, 6) is 0.441. The number of hydrogen-bond donors (Lipinski definition) is 3. The molecule has 4 N–H and O–H groups in total. The van der Waals surface area contributed by atoms with E-state index in [1.54, 1.807) is 7.05 Å². The van der Waals surface area contributed by atoms with Crippen LogP contribution in [0.2, 0.25) is 0 Å². The Morgan fingerprint density at radius 2 is 2.43 bits per heavy atom. The number of guanidine groups is 1. The predicted molar refractivity (Wildman–Crippen MR) is 59.8 cm³/mol. The van der Waals surface area contributed by atoms with E-state index in [0.29, 0.717) is 5.96 Å². The van der Waals surface area contributed by atoms with Crippen LogP contribution in [0.25, 0.3) is 0 Å². The average Bonchev–Trinajstić information content (AvgIpc) is 2.64. The van der Waals surface area contributed by atoms with Crippen molar-refractivity contribution < 1.29 is 0 Å². The molecule has 0 amide bonds. The molecule has 1 aliphatic heterocycles. The number of rotatable bonds is 1. The van der Waals surface area contributed by atoms with Gasteiger partial charge in [0.2, 0.25) is 0 Å². The van der Waals surface area contributed by atoms with Gasteiger partial charge in [0.15, 0.2) is 5.96 Å². The number of nitrogens with one attached hydrogen (secondary N) is 2. The molecular weight excluding hydrogens is 176 g/mol. The van der Waals surface area contributed by atoms with Crippen LogP contribution in [-0.4, -0.2) is 19.6 Å². The number of anilines is 2. The number of nitrogens with two attached hydrogens (primary N) is 1. The first-order valence-corrected chi connectivity index (χ1v) is 4.65. The highest BCUT2D eigenvalue weighted by Gasteiger charge is 2.09. The molecule has 0 radical (unpaired) electrons. The van der Waals surface area contributed by atoms with Crippen LogP contribution in [0.15, 0.2) is 23.2 Å². The van der Waals surface area contributed by atoms with Crippen LogP contribution in [0.1, 0.15) is 5.56 Å². The molecule has 4 heteroatoms. The van der Waals surface area contributed by atoms with Crippen molar-refractivity contribution in [1.82, 2.24) is 0 Å². The SMILES string of the molecule is CN=C(N)Nc1ccc2c(c1)CCN2. The molecule has 0 unspecified atom stereocenters. The van der Waals surface area contributed by atoms with Crippen molar-refractivity contribution in [2.75, 3.05) is 24.2 Å². The van der Waals surface area contributed by atoms with Crippen molar-refractivity contribution in [3.63, 3.8) is 0 Å². The summed E-state index contributed by atoms with van der Waals surface area (Å²) in [6, 6.07) is 6.16. The molecule has 0 fully saturated rings. The zero-order valence-electron chi connectivity index (χ0n) is 8.17. The summed E-state index contributed by atoms with van der Waals surface area (Å²) < 4.78 is 0. The van der Waals surface area contributed by atoms with Crippen LogP contribution < -0.4 is 16.4 Å². The summed E-state index contributed by atoms with van der Waals surface area (Å²) in [6.45, 7) is 1.02. The van der Waals surface area contributed by atoms with E-state index < -0.39 is 0 Å². The van der Waals surface area contributed by atoms with Gasteiger partial charge in [-0.15, -0.1) is 0 Å². The Bertz CT molecular complexity index is 370. The van der Waals surface area contributed by atoms with E-state index in [9.17, 15) is 0 Å². The Morgan fingerprint density at radius 3 is 3.21 bits per heavy atom. The van der Waals surface area contributed by atoms with Gasteiger partial charge in [0.05, 0.1) is 0 Å². The molecule has 1 aromatic rings. The monoisotopic (exact) mass is 190 g/mol. The van der Waals surface area contributed by atoms with Gasteiger partial charge in [-0.05, 0) is 30.2 Å². The lowest BCUT2D eigenvalue weighted by molar-refractivity contribution is 1.11. The highest BCUT2D eigenvalue weighted by molar-refractivity contribution is 5.92. The fourth-order valence-corrected chi connectivity index (χ4v) is 1.59. The van der Waals surface area contributed by atoms with E-state index in [0.717, 1.165) is 18.7 Å². The summed E-state index contributed by atoms with van der Waals surface area (Å²) >= 11 is 0. The lowest BCUT2D eigenvalue weighted by Crippen LogP contribution is -2.21. The topological polar surface area (TPSA) is 62.4 Å². The van der Waals surface area contributed by atoms with Crippen LogP contribution in [0, 0.1) is 0 Å². The Balaban J connectivity index is 2.21. The standard InChI is InChI=1S/C10H14N4/c1-12-10(11)14-8-2-3-9-7(6-8)4-5-13-9/h2-3,6,13H,4-5H2,1H3,(H3,11,12,14). The highest BCUT2D eigenvalue weighted by Crippen LogP contribution is 2.24. The van der Waals surface area contributed by atoms with E-state index in [1.165, 1.54) is 11.3 Å². The molecule has 0 spiro atoms. The second-order valence-electron chi connectivity index (χ2n) is 3.28. The van der Waals surface area contributed by atoms with Gasteiger partial charge in [0, 0.05) is 25.0 Å². The number of fused-ring (bicyclic) bond motifs is 1. The van der Waals surface area contributed by atoms with Crippen LogP contribution in [0.3, 0.4) is 0 Å². The van der Waals surface area contributed by atoms with Crippen LogP contribution >= 0.6 is 0 Å². The molecule has 2 rings (SSSR count). The molecular formula is C10H14N4. The lowest BCUT2D eigenvalue weighted by atomic mass is 10.1. The van der Waals surface area contributed by atoms with Crippen molar-refractivity contribution in [3.05, 3.63) is 23.8 Å². The van der Waals surface area contributed by atoms with E-state index in [2.05, 4.69) is 27.8 Å². The first kappa shape index (κ1) is 8.87. The quantitative estimate of drug-likeness (QED) is 0.457. The van der Waals surface area contributed by atoms with Gasteiger partial charge in [-0.2, -0.15) is 0 Å². The fraction of sp³-hybridized carbons (Fsp3) is 0.300. The first-order chi connectivity index (χ1) is 6.79. The maximum Gasteiger partial charge on any atom is 0.192 e. The van der Waals surface area contributed by atoms with E-state index in [-0.39, 0.29) is 0 Å². The van der Waals surface area contributed by atoms with Crippen molar-refractivity contribution in [2.45, 2.75) is 6.42 Å². The molecule has 0 bridgehead atoms. The number of aliphatic imine (C=N–C) groups is 1. The first-order valence-electron chi connectivity index (χ1n) is 4.65.